The summed E-state index contributed by atoms with van der Waals surface area (Å²) in [6.45, 7) is 1.83. The van der Waals surface area contributed by atoms with Crippen LogP contribution in [0.15, 0.2) is 36.5 Å². The summed E-state index contributed by atoms with van der Waals surface area (Å²) in [6, 6.07) is 4.63. The average molecular weight is 383 g/mol. The number of carbonyl (C=O) groups is 1. The fraction of sp³-hybridized carbons (Fsp3) is 0.222. The van der Waals surface area contributed by atoms with Gasteiger partial charge in [0.15, 0.2) is 0 Å². The molecule has 142 valence electrons. The minimum absolute atomic E-state index is 0.123. The summed E-state index contributed by atoms with van der Waals surface area (Å²) < 4.78 is 66.9. The van der Waals surface area contributed by atoms with E-state index in [0.29, 0.717) is 18.9 Å². The van der Waals surface area contributed by atoms with Crippen LogP contribution in [-0.2, 0) is 12.6 Å². The first kappa shape index (κ1) is 18.8. The maximum absolute atomic E-state index is 13.8. The first-order valence-electron chi connectivity index (χ1n) is 8.05. The number of amides is 1. The van der Waals surface area contributed by atoms with Gasteiger partial charge in [-0.05, 0) is 30.7 Å². The lowest BCUT2D eigenvalue weighted by molar-refractivity contribution is -0.137. The fourth-order valence-corrected chi connectivity index (χ4v) is 2.68. The van der Waals surface area contributed by atoms with Crippen LogP contribution in [0.25, 0.3) is 5.65 Å². The van der Waals surface area contributed by atoms with Crippen molar-refractivity contribution in [2.24, 2.45) is 0 Å². The van der Waals surface area contributed by atoms with Crippen molar-refractivity contribution in [2.45, 2.75) is 25.9 Å². The number of aromatic nitrogens is 2. The molecule has 4 nitrogen and oxygen atoms in total. The van der Waals surface area contributed by atoms with Gasteiger partial charge in [0.05, 0.1) is 16.9 Å². The molecule has 1 aromatic carbocycles. The van der Waals surface area contributed by atoms with Crippen molar-refractivity contribution in [2.75, 3.05) is 5.32 Å². The molecule has 27 heavy (non-hydrogen) atoms. The van der Waals surface area contributed by atoms with Gasteiger partial charge in [-0.25, -0.2) is 13.8 Å². The molecule has 2 heterocycles. The third-order valence-corrected chi connectivity index (χ3v) is 3.90. The van der Waals surface area contributed by atoms with Crippen molar-refractivity contribution in [1.82, 2.24) is 9.38 Å². The molecule has 0 fully saturated rings. The number of anilines is 1. The van der Waals surface area contributed by atoms with Crippen LogP contribution in [0.3, 0.4) is 0 Å². The molecule has 0 spiro atoms. The smallest absolute Gasteiger partial charge is 0.318 e. The van der Waals surface area contributed by atoms with E-state index >= 15 is 0 Å². The first-order valence-corrected chi connectivity index (χ1v) is 8.05. The number of rotatable bonds is 4. The number of nitrogens with zero attached hydrogens (tertiary/aromatic N) is 2. The van der Waals surface area contributed by atoms with Crippen molar-refractivity contribution in [3.05, 3.63) is 65.1 Å². The maximum Gasteiger partial charge on any atom is 0.417 e. The Morgan fingerprint density at radius 1 is 1.19 bits per heavy atom. The summed E-state index contributed by atoms with van der Waals surface area (Å²) in [5, 5.41) is 2.27. The van der Waals surface area contributed by atoms with Gasteiger partial charge in [0.1, 0.15) is 23.0 Å². The molecular formula is C18H14F5N3O. The van der Waals surface area contributed by atoms with Crippen LogP contribution in [0.2, 0.25) is 0 Å². The number of halogens is 5. The van der Waals surface area contributed by atoms with Crippen molar-refractivity contribution in [3.63, 3.8) is 0 Å². The number of aryl methyl sites for hydroxylation is 1. The number of nitrogens with one attached hydrogen (secondary N) is 1. The molecule has 0 aliphatic carbocycles. The molecule has 0 bridgehead atoms. The third-order valence-electron chi connectivity index (χ3n) is 3.90. The number of alkyl halides is 3. The second kappa shape index (κ2) is 6.98. The van der Waals surface area contributed by atoms with E-state index in [-0.39, 0.29) is 22.7 Å². The molecule has 0 unspecified atom stereocenters. The molecule has 1 N–H and O–H groups in total. The second-order valence-electron chi connectivity index (χ2n) is 5.88. The number of pyridine rings is 1. The molecule has 0 radical (unpaired) electrons. The van der Waals surface area contributed by atoms with Crippen LogP contribution >= 0.6 is 0 Å². The molecule has 0 aliphatic heterocycles. The van der Waals surface area contributed by atoms with Crippen molar-refractivity contribution in [3.8, 4) is 0 Å². The number of carbonyl (C=O) groups excluding carboxylic acids is 1. The van der Waals surface area contributed by atoms with Crippen molar-refractivity contribution >= 4 is 17.2 Å². The van der Waals surface area contributed by atoms with Crippen LogP contribution in [0.1, 0.15) is 35.1 Å². The summed E-state index contributed by atoms with van der Waals surface area (Å²) in [7, 11) is 0. The standard InChI is InChI=1S/C18H14F5N3O/c1-2-3-14-16(17(27)25-13-6-5-11(19)8-12(13)20)26-9-10(18(21,22)23)4-7-15(26)24-14/h4-9H,2-3H2,1H3,(H,25,27). The van der Waals surface area contributed by atoms with Gasteiger partial charge in [-0.3, -0.25) is 9.20 Å². The van der Waals surface area contributed by atoms with Crippen LogP contribution in [0.4, 0.5) is 27.6 Å². The predicted octanol–water partition coefficient (Wildman–Crippen LogP) is 4.84. The summed E-state index contributed by atoms with van der Waals surface area (Å²) >= 11 is 0. The lowest BCUT2D eigenvalue weighted by Gasteiger charge is -2.10. The molecule has 0 saturated carbocycles. The summed E-state index contributed by atoms with van der Waals surface area (Å²) in [5.74, 6) is -2.65. The summed E-state index contributed by atoms with van der Waals surface area (Å²) in [6.07, 6.45) is -2.88. The van der Waals surface area contributed by atoms with Crippen molar-refractivity contribution in [1.29, 1.82) is 0 Å². The molecule has 0 saturated heterocycles. The Labute approximate surface area is 150 Å². The van der Waals surface area contributed by atoms with Gasteiger partial charge >= 0.3 is 6.18 Å². The van der Waals surface area contributed by atoms with Gasteiger partial charge in [-0.1, -0.05) is 13.3 Å². The lowest BCUT2D eigenvalue weighted by atomic mass is 10.2. The quantitative estimate of drug-likeness (QED) is 0.656. The van der Waals surface area contributed by atoms with Crippen LogP contribution in [0, 0.1) is 11.6 Å². The van der Waals surface area contributed by atoms with E-state index in [1.165, 1.54) is 0 Å². The minimum Gasteiger partial charge on any atom is -0.318 e. The molecule has 3 rings (SSSR count). The van der Waals surface area contributed by atoms with Crippen LogP contribution in [-0.4, -0.2) is 15.3 Å². The topological polar surface area (TPSA) is 46.4 Å². The van der Waals surface area contributed by atoms with E-state index in [1.807, 2.05) is 6.92 Å². The van der Waals surface area contributed by atoms with Crippen LogP contribution in [0.5, 0.6) is 0 Å². The average Bonchev–Trinajstić information content (AvgIpc) is 2.94. The zero-order valence-corrected chi connectivity index (χ0v) is 14.1. The monoisotopic (exact) mass is 383 g/mol. The zero-order valence-electron chi connectivity index (χ0n) is 14.1. The van der Waals surface area contributed by atoms with Gasteiger partial charge < -0.3 is 5.32 Å². The summed E-state index contributed by atoms with van der Waals surface area (Å²) in [5.41, 5.74) is -0.905. The third kappa shape index (κ3) is 3.76. The Balaban J connectivity index is 2.09. The van der Waals surface area contributed by atoms with Gasteiger partial charge in [-0.2, -0.15) is 13.2 Å². The molecule has 1 amide bonds. The largest absolute Gasteiger partial charge is 0.417 e. The highest BCUT2D eigenvalue weighted by atomic mass is 19.4. The number of hydrogen-bond donors (Lipinski definition) is 1. The second-order valence-corrected chi connectivity index (χ2v) is 5.88. The number of imidazole rings is 1. The zero-order chi connectivity index (χ0) is 19.8. The van der Waals surface area contributed by atoms with Gasteiger partial charge in [0.25, 0.3) is 5.91 Å². The van der Waals surface area contributed by atoms with E-state index in [2.05, 4.69) is 10.3 Å². The molecule has 2 aromatic heterocycles. The molecular weight excluding hydrogens is 369 g/mol. The van der Waals surface area contributed by atoms with Crippen LogP contribution < -0.4 is 5.32 Å². The highest BCUT2D eigenvalue weighted by molar-refractivity contribution is 6.04. The van der Waals surface area contributed by atoms with Gasteiger partial charge in [0.2, 0.25) is 0 Å². The van der Waals surface area contributed by atoms with E-state index in [0.717, 1.165) is 34.9 Å². The molecule has 3 aromatic rings. The Kier molecular flexibility index (Phi) is 4.86. The highest BCUT2D eigenvalue weighted by Crippen LogP contribution is 2.30. The Morgan fingerprint density at radius 2 is 1.93 bits per heavy atom. The normalized spacial score (nSPS) is 11.8. The number of benzene rings is 1. The minimum atomic E-state index is -4.60. The number of fused-ring (bicyclic) bond motifs is 1. The molecule has 9 heteroatoms. The van der Waals surface area contributed by atoms with E-state index < -0.39 is 29.3 Å². The lowest BCUT2D eigenvalue weighted by Crippen LogP contribution is -2.18. The highest BCUT2D eigenvalue weighted by Gasteiger charge is 2.32. The van der Waals surface area contributed by atoms with E-state index in [1.54, 1.807) is 0 Å². The maximum atomic E-state index is 13.8. The summed E-state index contributed by atoms with van der Waals surface area (Å²) in [4.78, 5) is 16.9. The Morgan fingerprint density at radius 3 is 2.56 bits per heavy atom. The SMILES string of the molecule is CCCc1nc2ccc(C(F)(F)F)cn2c1C(=O)Nc1ccc(F)cc1F. The van der Waals surface area contributed by atoms with Gasteiger partial charge in [-0.15, -0.1) is 0 Å². The van der Waals surface area contributed by atoms with E-state index in [4.69, 9.17) is 0 Å². The Hall–Kier alpha value is -2.97. The van der Waals surface area contributed by atoms with Crippen molar-refractivity contribution < 1.29 is 26.7 Å². The molecule has 0 atom stereocenters. The van der Waals surface area contributed by atoms with Gasteiger partial charge in [0, 0.05) is 12.3 Å². The number of hydrogen-bond acceptors (Lipinski definition) is 2. The molecule has 0 aliphatic rings. The van der Waals surface area contributed by atoms with E-state index in [9.17, 15) is 26.7 Å². The first-order chi connectivity index (χ1) is 12.7. The fourth-order valence-electron chi connectivity index (χ4n) is 2.68. The predicted molar refractivity (Wildman–Crippen MR) is 88.5 cm³/mol. The Bertz CT molecular complexity index is 1010.